The Balaban J connectivity index is 1.83. The molecule has 0 saturated carbocycles. The lowest BCUT2D eigenvalue weighted by atomic mass is 10.2. The van der Waals surface area contributed by atoms with E-state index in [2.05, 4.69) is 25.7 Å². The number of fused-ring (bicyclic) bond motifs is 1. The van der Waals surface area contributed by atoms with E-state index in [0.717, 1.165) is 10.9 Å². The van der Waals surface area contributed by atoms with Gasteiger partial charge in [-0.3, -0.25) is 9.89 Å². The van der Waals surface area contributed by atoms with Gasteiger partial charge in [0.1, 0.15) is 0 Å². The van der Waals surface area contributed by atoms with Crippen molar-refractivity contribution in [2.45, 2.75) is 0 Å². The molecule has 94 valence electrons. The maximum Gasteiger partial charge on any atom is 0.276 e. The van der Waals surface area contributed by atoms with Crippen molar-refractivity contribution in [1.82, 2.24) is 20.4 Å². The van der Waals surface area contributed by atoms with Crippen LogP contribution in [0.4, 0.5) is 5.69 Å². The molecular formula is C12H8ClN5O. The van der Waals surface area contributed by atoms with E-state index in [1.807, 2.05) is 6.07 Å². The van der Waals surface area contributed by atoms with E-state index in [1.165, 1.54) is 12.1 Å². The minimum atomic E-state index is -0.344. The van der Waals surface area contributed by atoms with Crippen LogP contribution < -0.4 is 5.32 Å². The number of hydrogen-bond donors (Lipinski definition) is 2. The average molecular weight is 274 g/mol. The van der Waals surface area contributed by atoms with Crippen molar-refractivity contribution in [2.24, 2.45) is 0 Å². The lowest BCUT2D eigenvalue weighted by Crippen LogP contribution is -2.14. The first-order chi connectivity index (χ1) is 9.22. The fourth-order valence-corrected chi connectivity index (χ4v) is 1.75. The molecule has 0 aliphatic rings. The number of anilines is 1. The van der Waals surface area contributed by atoms with Gasteiger partial charge in [-0.25, -0.2) is 0 Å². The van der Waals surface area contributed by atoms with Gasteiger partial charge in [0.15, 0.2) is 10.8 Å². The van der Waals surface area contributed by atoms with E-state index in [-0.39, 0.29) is 16.8 Å². The van der Waals surface area contributed by atoms with Crippen LogP contribution in [-0.2, 0) is 0 Å². The molecule has 3 rings (SSSR count). The number of hydrogen-bond acceptors (Lipinski definition) is 4. The number of nitrogens with zero attached hydrogens (tertiary/aromatic N) is 3. The molecule has 0 fully saturated rings. The molecule has 0 atom stereocenters. The van der Waals surface area contributed by atoms with Gasteiger partial charge < -0.3 is 5.32 Å². The lowest BCUT2D eigenvalue weighted by Gasteiger charge is -2.04. The van der Waals surface area contributed by atoms with Crippen molar-refractivity contribution in [3.63, 3.8) is 0 Å². The van der Waals surface area contributed by atoms with Crippen LogP contribution in [0, 0.1) is 0 Å². The Bertz CT molecular complexity index is 737. The summed E-state index contributed by atoms with van der Waals surface area (Å²) in [5, 5.41) is 18.0. The summed E-state index contributed by atoms with van der Waals surface area (Å²) >= 11 is 5.61. The predicted octanol–water partition coefficient (Wildman–Crippen LogP) is 2.26. The molecule has 2 N–H and O–H groups in total. The van der Waals surface area contributed by atoms with Crippen LogP contribution in [0.1, 0.15) is 10.5 Å². The molecule has 7 heteroatoms. The molecule has 19 heavy (non-hydrogen) atoms. The van der Waals surface area contributed by atoms with Gasteiger partial charge in [-0.15, -0.1) is 10.2 Å². The zero-order valence-electron chi connectivity index (χ0n) is 9.59. The monoisotopic (exact) mass is 273 g/mol. The Kier molecular flexibility index (Phi) is 2.85. The van der Waals surface area contributed by atoms with E-state index in [9.17, 15) is 4.79 Å². The van der Waals surface area contributed by atoms with Crippen LogP contribution in [-0.4, -0.2) is 26.3 Å². The van der Waals surface area contributed by atoms with Gasteiger partial charge in [-0.05, 0) is 30.3 Å². The van der Waals surface area contributed by atoms with E-state index in [1.54, 1.807) is 18.3 Å². The van der Waals surface area contributed by atoms with Gasteiger partial charge in [0, 0.05) is 11.1 Å². The Morgan fingerprint density at radius 3 is 2.89 bits per heavy atom. The Labute approximate surface area is 112 Å². The van der Waals surface area contributed by atoms with E-state index >= 15 is 0 Å². The molecule has 0 aliphatic heterocycles. The minimum Gasteiger partial charge on any atom is -0.321 e. The maximum atomic E-state index is 11.9. The van der Waals surface area contributed by atoms with Crippen LogP contribution in [0.3, 0.4) is 0 Å². The summed E-state index contributed by atoms with van der Waals surface area (Å²) in [4.78, 5) is 11.9. The molecule has 0 aliphatic carbocycles. The molecule has 1 aromatic carbocycles. The molecule has 0 spiro atoms. The van der Waals surface area contributed by atoms with Gasteiger partial charge in [0.2, 0.25) is 0 Å². The SMILES string of the molecule is O=C(Nc1ccc2cn[nH]c2c1)c1ccc(Cl)nn1. The molecule has 0 radical (unpaired) electrons. The fourth-order valence-electron chi connectivity index (χ4n) is 1.65. The first-order valence-corrected chi connectivity index (χ1v) is 5.84. The number of aromatic amines is 1. The topological polar surface area (TPSA) is 83.6 Å². The summed E-state index contributed by atoms with van der Waals surface area (Å²) in [5.74, 6) is -0.344. The first kappa shape index (κ1) is 11.6. The zero-order valence-corrected chi connectivity index (χ0v) is 10.3. The maximum absolute atomic E-state index is 11.9. The van der Waals surface area contributed by atoms with Crippen LogP contribution >= 0.6 is 11.6 Å². The summed E-state index contributed by atoms with van der Waals surface area (Å²) in [7, 11) is 0. The highest BCUT2D eigenvalue weighted by Crippen LogP contribution is 2.17. The van der Waals surface area contributed by atoms with Crippen molar-refractivity contribution >= 4 is 34.1 Å². The van der Waals surface area contributed by atoms with E-state index in [0.29, 0.717) is 5.69 Å². The number of halogens is 1. The predicted molar refractivity (Wildman–Crippen MR) is 71.1 cm³/mol. The van der Waals surface area contributed by atoms with Crippen molar-refractivity contribution < 1.29 is 4.79 Å². The van der Waals surface area contributed by atoms with Crippen LogP contribution in [0.15, 0.2) is 36.5 Å². The normalized spacial score (nSPS) is 10.6. The summed E-state index contributed by atoms with van der Waals surface area (Å²) in [6, 6.07) is 8.48. The molecule has 2 aromatic heterocycles. The van der Waals surface area contributed by atoms with Gasteiger partial charge in [0.05, 0.1) is 11.7 Å². The van der Waals surface area contributed by atoms with Crippen molar-refractivity contribution in [2.75, 3.05) is 5.32 Å². The van der Waals surface area contributed by atoms with Gasteiger partial charge >= 0.3 is 0 Å². The third-order valence-electron chi connectivity index (χ3n) is 2.56. The lowest BCUT2D eigenvalue weighted by molar-refractivity contribution is 0.102. The fraction of sp³-hybridized carbons (Fsp3) is 0. The molecule has 6 nitrogen and oxygen atoms in total. The Hall–Kier alpha value is -2.47. The van der Waals surface area contributed by atoms with Crippen molar-refractivity contribution in [1.29, 1.82) is 0 Å². The molecule has 0 saturated heterocycles. The Morgan fingerprint density at radius 1 is 1.21 bits per heavy atom. The van der Waals surface area contributed by atoms with Gasteiger partial charge in [0.25, 0.3) is 5.91 Å². The largest absolute Gasteiger partial charge is 0.321 e. The highest BCUT2D eigenvalue weighted by Gasteiger charge is 2.08. The molecule has 3 aromatic rings. The zero-order chi connectivity index (χ0) is 13.2. The third kappa shape index (κ3) is 2.38. The smallest absolute Gasteiger partial charge is 0.276 e. The molecular weight excluding hydrogens is 266 g/mol. The Morgan fingerprint density at radius 2 is 2.11 bits per heavy atom. The molecule has 0 bridgehead atoms. The average Bonchev–Trinajstić information content (AvgIpc) is 2.87. The van der Waals surface area contributed by atoms with Crippen LogP contribution in [0.2, 0.25) is 5.15 Å². The molecule has 2 heterocycles. The summed E-state index contributed by atoms with van der Waals surface area (Å²) in [6.45, 7) is 0. The number of H-pyrrole nitrogens is 1. The summed E-state index contributed by atoms with van der Waals surface area (Å²) in [6.07, 6.45) is 1.71. The number of carbonyl (C=O) groups is 1. The number of aromatic nitrogens is 4. The van der Waals surface area contributed by atoms with Crippen molar-refractivity contribution in [3.8, 4) is 0 Å². The second-order valence-electron chi connectivity index (χ2n) is 3.87. The van der Waals surface area contributed by atoms with Crippen molar-refractivity contribution in [3.05, 3.63) is 47.4 Å². The minimum absolute atomic E-state index is 0.203. The van der Waals surface area contributed by atoms with Gasteiger partial charge in [-0.2, -0.15) is 5.10 Å². The number of nitrogens with one attached hydrogen (secondary N) is 2. The second-order valence-corrected chi connectivity index (χ2v) is 4.25. The van der Waals surface area contributed by atoms with E-state index < -0.39 is 0 Å². The number of carbonyl (C=O) groups excluding carboxylic acids is 1. The quantitative estimate of drug-likeness (QED) is 0.750. The first-order valence-electron chi connectivity index (χ1n) is 5.46. The van der Waals surface area contributed by atoms with E-state index in [4.69, 9.17) is 11.6 Å². The number of amides is 1. The van der Waals surface area contributed by atoms with Crippen LogP contribution in [0.5, 0.6) is 0 Å². The molecule has 1 amide bonds. The number of benzene rings is 1. The highest BCUT2D eigenvalue weighted by atomic mass is 35.5. The highest BCUT2D eigenvalue weighted by molar-refractivity contribution is 6.29. The van der Waals surface area contributed by atoms with Crippen LogP contribution in [0.25, 0.3) is 10.9 Å². The summed E-state index contributed by atoms with van der Waals surface area (Å²) < 4.78 is 0. The molecule has 0 unspecified atom stereocenters. The summed E-state index contributed by atoms with van der Waals surface area (Å²) in [5.41, 5.74) is 1.70. The number of rotatable bonds is 2. The van der Waals surface area contributed by atoms with Gasteiger partial charge in [-0.1, -0.05) is 11.6 Å². The third-order valence-corrected chi connectivity index (χ3v) is 2.77. The second kappa shape index (κ2) is 4.66. The standard InChI is InChI=1S/C12H8ClN5O/c13-11-4-3-9(17-18-11)12(19)15-8-2-1-7-6-14-16-10(7)5-8/h1-6H,(H,14,16)(H,15,19).